The van der Waals surface area contributed by atoms with Gasteiger partial charge in [-0.05, 0) is 62.2 Å². The van der Waals surface area contributed by atoms with Crippen LogP contribution in [0.2, 0.25) is 0 Å². The topological polar surface area (TPSA) is 51.2 Å². The fourth-order valence-electron chi connectivity index (χ4n) is 2.42. The van der Waals surface area contributed by atoms with Crippen molar-refractivity contribution >= 4 is 32.6 Å². The zero-order chi connectivity index (χ0) is 17.3. The van der Waals surface area contributed by atoms with Crippen molar-refractivity contribution in [3.63, 3.8) is 0 Å². The third kappa shape index (κ3) is 3.71. The fraction of sp³-hybridized carbons (Fsp3) is 0.222. The lowest BCUT2D eigenvalue weighted by molar-refractivity contribution is -0.122. The molecule has 1 aromatic heterocycles. The van der Waals surface area contributed by atoms with E-state index in [1.165, 1.54) is 23.5 Å². The second-order valence-corrected chi connectivity index (χ2v) is 6.73. The SMILES string of the molecule is Cc1cc(C)cc(OC(C)C(=O)Nc2nc3ccc(F)cc3s2)c1. The molecule has 0 aliphatic heterocycles. The predicted molar refractivity (Wildman–Crippen MR) is 94.2 cm³/mol. The molecule has 0 bridgehead atoms. The van der Waals surface area contributed by atoms with E-state index in [1.807, 2.05) is 32.0 Å². The predicted octanol–water partition coefficient (Wildman–Crippen LogP) is 4.46. The summed E-state index contributed by atoms with van der Waals surface area (Å²) in [6.45, 7) is 5.63. The van der Waals surface area contributed by atoms with Crippen LogP contribution in [-0.4, -0.2) is 17.0 Å². The smallest absolute Gasteiger partial charge is 0.266 e. The molecule has 1 N–H and O–H groups in total. The van der Waals surface area contributed by atoms with Gasteiger partial charge in [-0.15, -0.1) is 0 Å². The summed E-state index contributed by atoms with van der Waals surface area (Å²) in [6, 6.07) is 10.1. The number of nitrogens with one attached hydrogen (secondary N) is 1. The molecule has 3 rings (SSSR count). The highest BCUT2D eigenvalue weighted by Gasteiger charge is 2.17. The van der Waals surface area contributed by atoms with Gasteiger partial charge in [0.15, 0.2) is 11.2 Å². The Bertz CT molecular complexity index is 887. The zero-order valence-corrected chi connectivity index (χ0v) is 14.4. The lowest BCUT2D eigenvalue weighted by Gasteiger charge is -2.14. The average Bonchev–Trinajstić information content (AvgIpc) is 2.87. The quantitative estimate of drug-likeness (QED) is 0.760. The van der Waals surface area contributed by atoms with Crippen LogP contribution in [-0.2, 0) is 4.79 Å². The molecular weight excluding hydrogens is 327 g/mol. The first-order valence-corrected chi connectivity index (χ1v) is 8.34. The van der Waals surface area contributed by atoms with Gasteiger partial charge < -0.3 is 4.74 Å². The van der Waals surface area contributed by atoms with Gasteiger partial charge >= 0.3 is 0 Å². The number of nitrogens with zero attached hydrogens (tertiary/aromatic N) is 1. The molecule has 6 heteroatoms. The van der Waals surface area contributed by atoms with Gasteiger partial charge in [-0.3, -0.25) is 10.1 Å². The number of ether oxygens (including phenoxy) is 1. The van der Waals surface area contributed by atoms with E-state index in [2.05, 4.69) is 10.3 Å². The zero-order valence-electron chi connectivity index (χ0n) is 13.6. The van der Waals surface area contributed by atoms with Crippen LogP contribution in [0.15, 0.2) is 36.4 Å². The van der Waals surface area contributed by atoms with E-state index < -0.39 is 6.10 Å². The maximum absolute atomic E-state index is 13.2. The van der Waals surface area contributed by atoms with Crippen molar-refractivity contribution in [1.29, 1.82) is 0 Å². The Hall–Kier alpha value is -2.47. The molecule has 0 aliphatic rings. The van der Waals surface area contributed by atoms with Crippen molar-refractivity contribution in [3.8, 4) is 5.75 Å². The molecule has 0 spiro atoms. The number of fused-ring (bicyclic) bond motifs is 1. The van der Waals surface area contributed by atoms with E-state index in [4.69, 9.17) is 4.74 Å². The number of benzene rings is 2. The van der Waals surface area contributed by atoms with E-state index in [0.717, 1.165) is 11.1 Å². The number of aromatic nitrogens is 1. The second-order valence-electron chi connectivity index (χ2n) is 5.70. The Labute approximate surface area is 143 Å². The monoisotopic (exact) mass is 344 g/mol. The van der Waals surface area contributed by atoms with Crippen LogP contribution in [0.3, 0.4) is 0 Å². The molecule has 1 amide bonds. The van der Waals surface area contributed by atoms with E-state index in [-0.39, 0.29) is 11.7 Å². The molecule has 0 fully saturated rings. The van der Waals surface area contributed by atoms with Gasteiger partial charge in [-0.25, -0.2) is 9.37 Å². The van der Waals surface area contributed by atoms with Crippen LogP contribution >= 0.6 is 11.3 Å². The lowest BCUT2D eigenvalue weighted by atomic mass is 10.1. The minimum Gasteiger partial charge on any atom is -0.481 e. The Morgan fingerprint density at radius 2 is 1.92 bits per heavy atom. The number of carbonyl (C=O) groups is 1. The molecule has 0 saturated carbocycles. The number of hydrogen-bond donors (Lipinski definition) is 1. The van der Waals surface area contributed by atoms with Crippen LogP contribution in [0.1, 0.15) is 18.1 Å². The van der Waals surface area contributed by atoms with Gasteiger partial charge in [0.2, 0.25) is 0 Å². The van der Waals surface area contributed by atoms with Gasteiger partial charge in [0.1, 0.15) is 11.6 Å². The number of thiazole rings is 1. The van der Waals surface area contributed by atoms with Gasteiger partial charge in [0.25, 0.3) is 5.91 Å². The first kappa shape index (κ1) is 16.4. The molecule has 1 heterocycles. The first-order valence-electron chi connectivity index (χ1n) is 7.52. The number of aryl methyl sites for hydroxylation is 2. The van der Waals surface area contributed by atoms with Crippen molar-refractivity contribution in [1.82, 2.24) is 4.98 Å². The molecular formula is C18H17FN2O2S. The Morgan fingerprint density at radius 1 is 1.21 bits per heavy atom. The van der Waals surface area contributed by atoms with Crippen molar-refractivity contribution in [3.05, 3.63) is 53.3 Å². The number of amides is 1. The summed E-state index contributed by atoms with van der Waals surface area (Å²) in [5.41, 5.74) is 2.80. The highest BCUT2D eigenvalue weighted by molar-refractivity contribution is 7.22. The molecule has 124 valence electrons. The van der Waals surface area contributed by atoms with Gasteiger partial charge in [-0.1, -0.05) is 17.4 Å². The second kappa shape index (κ2) is 6.57. The minimum absolute atomic E-state index is 0.298. The summed E-state index contributed by atoms with van der Waals surface area (Å²) < 4.78 is 19.6. The summed E-state index contributed by atoms with van der Waals surface area (Å²) >= 11 is 1.23. The van der Waals surface area contributed by atoms with Crippen molar-refractivity contribution in [2.45, 2.75) is 26.9 Å². The number of hydrogen-bond acceptors (Lipinski definition) is 4. The molecule has 0 radical (unpaired) electrons. The average molecular weight is 344 g/mol. The largest absolute Gasteiger partial charge is 0.481 e. The van der Waals surface area contributed by atoms with Crippen LogP contribution in [0.25, 0.3) is 10.2 Å². The Kier molecular flexibility index (Phi) is 4.49. The number of halogens is 1. The normalized spacial score (nSPS) is 12.2. The lowest BCUT2D eigenvalue weighted by Crippen LogP contribution is -2.30. The number of carbonyl (C=O) groups excluding carboxylic acids is 1. The number of anilines is 1. The highest BCUT2D eigenvalue weighted by Crippen LogP contribution is 2.26. The van der Waals surface area contributed by atoms with Crippen LogP contribution < -0.4 is 10.1 Å². The van der Waals surface area contributed by atoms with Crippen LogP contribution in [0, 0.1) is 19.7 Å². The van der Waals surface area contributed by atoms with Gasteiger partial charge in [-0.2, -0.15) is 0 Å². The van der Waals surface area contributed by atoms with Gasteiger partial charge in [0.05, 0.1) is 10.2 Å². The minimum atomic E-state index is -0.671. The van der Waals surface area contributed by atoms with Crippen molar-refractivity contribution in [2.24, 2.45) is 0 Å². The maximum Gasteiger partial charge on any atom is 0.266 e. The number of rotatable bonds is 4. The van der Waals surface area contributed by atoms with Crippen molar-refractivity contribution in [2.75, 3.05) is 5.32 Å². The van der Waals surface area contributed by atoms with E-state index in [0.29, 0.717) is 21.1 Å². The van der Waals surface area contributed by atoms with Gasteiger partial charge in [0, 0.05) is 0 Å². The maximum atomic E-state index is 13.2. The summed E-state index contributed by atoms with van der Waals surface area (Å²) in [5.74, 6) is 0.0331. The molecule has 0 saturated heterocycles. The van der Waals surface area contributed by atoms with Crippen molar-refractivity contribution < 1.29 is 13.9 Å². The summed E-state index contributed by atoms with van der Waals surface area (Å²) in [5, 5.41) is 3.15. The molecule has 1 atom stereocenters. The molecule has 4 nitrogen and oxygen atoms in total. The fourth-order valence-corrected chi connectivity index (χ4v) is 3.31. The summed E-state index contributed by atoms with van der Waals surface area (Å²) in [7, 11) is 0. The third-order valence-electron chi connectivity index (χ3n) is 3.46. The summed E-state index contributed by atoms with van der Waals surface area (Å²) in [6.07, 6.45) is -0.671. The Morgan fingerprint density at radius 3 is 2.62 bits per heavy atom. The van der Waals surface area contributed by atoms with E-state index in [9.17, 15) is 9.18 Å². The first-order chi connectivity index (χ1) is 11.4. The van der Waals surface area contributed by atoms with Crippen LogP contribution in [0.5, 0.6) is 5.75 Å². The molecule has 0 aliphatic carbocycles. The van der Waals surface area contributed by atoms with E-state index in [1.54, 1.807) is 13.0 Å². The summed E-state index contributed by atoms with van der Waals surface area (Å²) in [4.78, 5) is 16.6. The third-order valence-corrected chi connectivity index (χ3v) is 4.39. The highest BCUT2D eigenvalue weighted by atomic mass is 32.1. The molecule has 1 unspecified atom stereocenters. The standard InChI is InChI=1S/C18H17FN2O2S/c1-10-6-11(2)8-14(7-10)23-12(3)17(22)21-18-20-15-5-4-13(19)9-16(15)24-18/h4-9,12H,1-3H3,(H,20,21,22). The Balaban J connectivity index is 1.70. The molecule has 3 aromatic rings. The van der Waals surface area contributed by atoms with E-state index >= 15 is 0 Å². The molecule has 24 heavy (non-hydrogen) atoms. The molecule has 2 aromatic carbocycles. The van der Waals surface area contributed by atoms with Crippen LogP contribution in [0.4, 0.5) is 9.52 Å².